The number of hydrogen-bond acceptors (Lipinski definition) is 4. The molecule has 110 valence electrons. The van der Waals surface area contributed by atoms with Crippen molar-refractivity contribution in [3.63, 3.8) is 0 Å². The van der Waals surface area contributed by atoms with Crippen LogP contribution < -0.4 is 10.1 Å². The Labute approximate surface area is 124 Å². The maximum atomic E-state index is 12.0. The van der Waals surface area contributed by atoms with Crippen LogP contribution in [0.25, 0.3) is 6.08 Å². The maximum Gasteiger partial charge on any atom is 0.262 e. The number of ether oxygens (including phenoxy) is 2. The van der Waals surface area contributed by atoms with Gasteiger partial charge in [-0.15, -0.1) is 0 Å². The predicted octanol–water partition coefficient (Wildman–Crippen LogP) is 1.90. The van der Waals surface area contributed by atoms with Gasteiger partial charge < -0.3 is 14.8 Å². The van der Waals surface area contributed by atoms with Gasteiger partial charge in [-0.05, 0) is 36.6 Å². The van der Waals surface area contributed by atoms with Crippen molar-refractivity contribution in [3.05, 3.63) is 35.4 Å². The van der Waals surface area contributed by atoms with Crippen molar-refractivity contribution < 1.29 is 14.3 Å². The molecule has 0 aliphatic carbocycles. The van der Waals surface area contributed by atoms with Gasteiger partial charge in [-0.2, -0.15) is 5.26 Å². The van der Waals surface area contributed by atoms with E-state index in [1.807, 2.05) is 6.07 Å². The molecule has 2 rings (SSSR count). The maximum absolute atomic E-state index is 12.0. The van der Waals surface area contributed by atoms with Gasteiger partial charge in [0.2, 0.25) is 0 Å². The minimum absolute atomic E-state index is 0.0647. The summed E-state index contributed by atoms with van der Waals surface area (Å²) in [5.41, 5.74) is 0.859. The molecule has 0 aromatic heterocycles. The molecule has 0 bridgehead atoms. The molecule has 0 radical (unpaired) electrons. The Bertz CT molecular complexity index is 552. The second-order valence-electron chi connectivity index (χ2n) is 4.79. The van der Waals surface area contributed by atoms with E-state index in [0.717, 1.165) is 30.8 Å². The van der Waals surface area contributed by atoms with Crippen LogP contribution in [0.4, 0.5) is 0 Å². The Morgan fingerprint density at radius 1 is 1.52 bits per heavy atom. The second kappa shape index (κ2) is 7.46. The molecular weight excluding hydrogens is 268 g/mol. The summed E-state index contributed by atoms with van der Waals surface area (Å²) in [6.45, 7) is 1.19. The van der Waals surface area contributed by atoms with Crippen LogP contribution in [-0.4, -0.2) is 32.3 Å². The van der Waals surface area contributed by atoms with Crippen LogP contribution in [0.3, 0.4) is 0 Å². The van der Waals surface area contributed by atoms with Gasteiger partial charge >= 0.3 is 0 Å². The molecule has 0 spiro atoms. The molecule has 0 saturated carbocycles. The number of benzene rings is 1. The first-order valence-corrected chi connectivity index (χ1v) is 6.88. The van der Waals surface area contributed by atoms with Gasteiger partial charge in [0.15, 0.2) is 0 Å². The van der Waals surface area contributed by atoms with Gasteiger partial charge in [-0.25, -0.2) is 0 Å². The molecule has 1 aromatic carbocycles. The van der Waals surface area contributed by atoms with E-state index in [2.05, 4.69) is 5.32 Å². The molecular formula is C16H18N2O3. The molecule has 1 aliphatic heterocycles. The highest BCUT2D eigenvalue weighted by Crippen LogP contribution is 2.14. The summed E-state index contributed by atoms with van der Waals surface area (Å²) >= 11 is 0. The number of rotatable bonds is 5. The molecule has 1 aliphatic rings. The predicted molar refractivity (Wildman–Crippen MR) is 78.6 cm³/mol. The SMILES string of the molecule is COc1ccc(/C=C(\C#N)C(=O)NC[C@@H]2CCCO2)cc1. The monoisotopic (exact) mass is 286 g/mol. The first-order chi connectivity index (χ1) is 10.2. The minimum atomic E-state index is -0.371. The average Bonchev–Trinajstić information content (AvgIpc) is 3.04. The van der Waals surface area contributed by atoms with Gasteiger partial charge in [0.05, 0.1) is 13.2 Å². The highest BCUT2D eigenvalue weighted by Gasteiger charge is 2.17. The molecule has 21 heavy (non-hydrogen) atoms. The van der Waals surface area contributed by atoms with Crippen molar-refractivity contribution in [2.75, 3.05) is 20.3 Å². The zero-order valence-corrected chi connectivity index (χ0v) is 12.0. The number of carbonyl (C=O) groups excluding carboxylic acids is 1. The number of nitrogens with zero attached hydrogens (tertiary/aromatic N) is 1. The molecule has 1 aromatic rings. The van der Waals surface area contributed by atoms with Gasteiger partial charge in [-0.1, -0.05) is 12.1 Å². The van der Waals surface area contributed by atoms with E-state index >= 15 is 0 Å². The lowest BCUT2D eigenvalue weighted by atomic mass is 10.1. The number of nitriles is 1. The summed E-state index contributed by atoms with van der Waals surface area (Å²) in [5, 5.41) is 11.9. The molecule has 1 fully saturated rings. The number of methoxy groups -OCH3 is 1. The van der Waals surface area contributed by atoms with E-state index < -0.39 is 0 Å². The van der Waals surface area contributed by atoms with Crippen molar-refractivity contribution in [2.24, 2.45) is 0 Å². The van der Waals surface area contributed by atoms with Gasteiger partial charge in [0, 0.05) is 13.2 Å². The summed E-state index contributed by atoms with van der Waals surface area (Å²) < 4.78 is 10.5. The zero-order valence-electron chi connectivity index (χ0n) is 12.0. The molecule has 5 nitrogen and oxygen atoms in total. The topological polar surface area (TPSA) is 71.3 Å². The molecule has 1 saturated heterocycles. The van der Waals surface area contributed by atoms with E-state index in [1.54, 1.807) is 37.5 Å². The Morgan fingerprint density at radius 2 is 2.29 bits per heavy atom. The normalized spacial score (nSPS) is 18.1. The largest absolute Gasteiger partial charge is 0.497 e. The lowest BCUT2D eigenvalue weighted by Gasteiger charge is -2.10. The van der Waals surface area contributed by atoms with Crippen LogP contribution in [-0.2, 0) is 9.53 Å². The van der Waals surface area contributed by atoms with Crippen molar-refractivity contribution >= 4 is 12.0 Å². The average molecular weight is 286 g/mol. The Balaban J connectivity index is 1.98. The van der Waals surface area contributed by atoms with Crippen molar-refractivity contribution in [1.82, 2.24) is 5.32 Å². The van der Waals surface area contributed by atoms with Crippen molar-refractivity contribution in [1.29, 1.82) is 5.26 Å². The van der Waals surface area contributed by atoms with E-state index in [1.165, 1.54) is 0 Å². The number of nitrogens with one attached hydrogen (secondary N) is 1. The van der Waals surface area contributed by atoms with E-state index in [-0.39, 0.29) is 17.6 Å². The smallest absolute Gasteiger partial charge is 0.262 e. The Morgan fingerprint density at radius 3 is 2.86 bits per heavy atom. The third-order valence-electron chi connectivity index (χ3n) is 3.31. The molecule has 0 unspecified atom stereocenters. The standard InChI is InChI=1S/C16H18N2O3/c1-20-14-6-4-12(5-7-14)9-13(10-17)16(19)18-11-15-3-2-8-21-15/h4-7,9,15H,2-3,8,11H2,1H3,(H,18,19)/b13-9+/t15-/m0/s1. The minimum Gasteiger partial charge on any atom is -0.497 e. The second-order valence-corrected chi connectivity index (χ2v) is 4.79. The summed E-state index contributed by atoms with van der Waals surface area (Å²) in [6, 6.07) is 9.09. The van der Waals surface area contributed by atoms with Gasteiger partial charge in [0.1, 0.15) is 17.4 Å². The molecule has 1 heterocycles. The number of hydrogen-bond donors (Lipinski definition) is 1. The van der Waals surface area contributed by atoms with E-state index in [4.69, 9.17) is 14.7 Å². The van der Waals surface area contributed by atoms with E-state index in [0.29, 0.717) is 6.54 Å². The van der Waals surface area contributed by atoms with Gasteiger partial charge in [-0.3, -0.25) is 4.79 Å². The molecule has 1 amide bonds. The van der Waals surface area contributed by atoms with Crippen LogP contribution in [0.1, 0.15) is 18.4 Å². The summed E-state index contributed by atoms with van der Waals surface area (Å²) in [4.78, 5) is 12.0. The third kappa shape index (κ3) is 4.33. The quantitative estimate of drug-likeness (QED) is 0.663. The highest BCUT2D eigenvalue weighted by atomic mass is 16.5. The van der Waals surface area contributed by atoms with Crippen LogP contribution >= 0.6 is 0 Å². The number of amides is 1. The van der Waals surface area contributed by atoms with Crippen LogP contribution in [0.5, 0.6) is 5.75 Å². The fourth-order valence-electron chi connectivity index (χ4n) is 2.12. The summed E-state index contributed by atoms with van der Waals surface area (Å²) in [5.74, 6) is 0.359. The van der Waals surface area contributed by atoms with Crippen LogP contribution in [0.15, 0.2) is 29.8 Å². The lowest BCUT2D eigenvalue weighted by Crippen LogP contribution is -2.32. The lowest BCUT2D eigenvalue weighted by molar-refractivity contribution is -0.117. The fraction of sp³-hybridized carbons (Fsp3) is 0.375. The fourth-order valence-corrected chi connectivity index (χ4v) is 2.12. The van der Waals surface area contributed by atoms with Crippen molar-refractivity contribution in [3.8, 4) is 11.8 Å². The number of carbonyl (C=O) groups is 1. The van der Waals surface area contributed by atoms with Crippen molar-refractivity contribution in [2.45, 2.75) is 18.9 Å². The molecule has 1 N–H and O–H groups in total. The van der Waals surface area contributed by atoms with Crippen LogP contribution in [0.2, 0.25) is 0 Å². The third-order valence-corrected chi connectivity index (χ3v) is 3.31. The van der Waals surface area contributed by atoms with Gasteiger partial charge in [0.25, 0.3) is 5.91 Å². The summed E-state index contributed by atoms with van der Waals surface area (Å²) in [6.07, 6.45) is 3.59. The van der Waals surface area contributed by atoms with Crippen LogP contribution in [0, 0.1) is 11.3 Å². The molecule has 1 atom stereocenters. The molecule has 5 heteroatoms. The van der Waals surface area contributed by atoms with E-state index in [9.17, 15) is 4.79 Å². The first-order valence-electron chi connectivity index (χ1n) is 6.88. The zero-order chi connectivity index (χ0) is 15.1. The first kappa shape index (κ1) is 15.1. The Kier molecular flexibility index (Phi) is 5.35. The highest BCUT2D eigenvalue weighted by molar-refractivity contribution is 6.01. The Hall–Kier alpha value is -2.32. The summed E-state index contributed by atoms with van der Waals surface area (Å²) in [7, 11) is 1.59.